The number of nitrogens with one attached hydrogen (secondary N) is 2. The van der Waals surface area contributed by atoms with Crippen LogP contribution in [0.15, 0.2) is 30.3 Å². The van der Waals surface area contributed by atoms with Gasteiger partial charge in [0.2, 0.25) is 0 Å². The van der Waals surface area contributed by atoms with Gasteiger partial charge >= 0.3 is 6.03 Å². The molecule has 1 saturated carbocycles. The van der Waals surface area contributed by atoms with E-state index >= 15 is 0 Å². The number of amides is 2. The molecule has 0 heterocycles. The number of aliphatic hydroxyl groups is 1. The average Bonchev–Trinajstić information content (AvgIpc) is 2.57. The Hall–Kier alpha value is -1.20. The van der Waals surface area contributed by atoms with Crippen molar-refractivity contribution < 1.29 is 9.90 Å². The third-order valence-electron chi connectivity index (χ3n) is 4.51. The van der Waals surface area contributed by atoms with Crippen molar-refractivity contribution in [2.75, 3.05) is 18.6 Å². The fraction of sp³-hybridized carbons (Fsp3) is 0.611. The molecule has 1 fully saturated rings. The van der Waals surface area contributed by atoms with E-state index in [1.807, 2.05) is 6.26 Å². The molecule has 3 N–H and O–H groups in total. The van der Waals surface area contributed by atoms with Gasteiger partial charge in [-0.3, -0.25) is 0 Å². The predicted octanol–water partition coefficient (Wildman–Crippen LogP) is 3.13. The normalized spacial score (nSPS) is 22.3. The van der Waals surface area contributed by atoms with Crippen molar-refractivity contribution in [1.82, 2.24) is 10.6 Å². The summed E-state index contributed by atoms with van der Waals surface area (Å²) >= 11 is 1.68. The second kappa shape index (κ2) is 9.83. The zero-order valence-corrected chi connectivity index (χ0v) is 14.6. The number of urea groups is 1. The smallest absolute Gasteiger partial charge is 0.315 e. The summed E-state index contributed by atoms with van der Waals surface area (Å²) in [5, 5.41) is 15.1. The van der Waals surface area contributed by atoms with E-state index in [2.05, 4.69) is 41.0 Å². The SMILES string of the molecule is CSCC(CCO)NC(=O)NC1CCC(c2ccccc2)CC1. The molecule has 1 aromatic rings. The van der Waals surface area contributed by atoms with Gasteiger partial charge in [-0.15, -0.1) is 0 Å². The average molecular weight is 337 g/mol. The van der Waals surface area contributed by atoms with Crippen molar-refractivity contribution in [1.29, 1.82) is 0 Å². The van der Waals surface area contributed by atoms with Crippen LogP contribution in [-0.4, -0.2) is 41.8 Å². The molecule has 5 heteroatoms. The Balaban J connectivity index is 1.74. The first-order valence-electron chi connectivity index (χ1n) is 8.44. The first-order chi connectivity index (χ1) is 11.2. The summed E-state index contributed by atoms with van der Waals surface area (Å²) in [5.74, 6) is 1.45. The Morgan fingerprint density at radius 2 is 1.96 bits per heavy atom. The highest BCUT2D eigenvalue weighted by atomic mass is 32.2. The van der Waals surface area contributed by atoms with Crippen LogP contribution in [0, 0.1) is 0 Å². The summed E-state index contributed by atoms with van der Waals surface area (Å²) in [6.07, 6.45) is 6.92. The van der Waals surface area contributed by atoms with E-state index in [1.54, 1.807) is 11.8 Å². The summed E-state index contributed by atoms with van der Waals surface area (Å²) in [4.78, 5) is 12.1. The molecule has 1 aliphatic carbocycles. The van der Waals surface area contributed by atoms with Gasteiger partial charge in [0, 0.05) is 24.4 Å². The number of rotatable bonds is 7. The third kappa shape index (κ3) is 6.07. The topological polar surface area (TPSA) is 61.4 Å². The first-order valence-corrected chi connectivity index (χ1v) is 9.84. The highest BCUT2D eigenvalue weighted by Gasteiger charge is 2.23. The Kier molecular flexibility index (Phi) is 7.76. The molecule has 128 valence electrons. The summed E-state index contributed by atoms with van der Waals surface area (Å²) in [6.45, 7) is 0.105. The van der Waals surface area contributed by atoms with Gasteiger partial charge in [0.15, 0.2) is 0 Å². The van der Waals surface area contributed by atoms with Crippen molar-refractivity contribution in [3.05, 3.63) is 35.9 Å². The van der Waals surface area contributed by atoms with Crippen LogP contribution in [0.1, 0.15) is 43.6 Å². The van der Waals surface area contributed by atoms with Gasteiger partial charge < -0.3 is 15.7 Å². The van der Waals surface area contributed by atoms with Crippen molar-refractivity contribution in [3.8, 4) is 0 Å². The van der Waals surface area contributed by atoms with E-state index in [9.17, 15) is 4.79 Å². The van der Waals surface area contributed by atoms with Crippen LogP contribution in [0.2, 0.25) is 0 Å². The van der Waals surface area contributed by atoms with Crippen molar-refractivity contribution >= 4 is 17.8 Å². The summed E-state index contributed by atoms with van der Waals surface area (Å²) in [6, 6.07) is 10.9. The van der Waals surface area contributed by atoms with Crippen LogP contribution in [0.5, 0.6) is 0 Å². The Labute approximate surface area is 143 Å². The number of hydrogen-bond acceptors (Lipinski definition) is 3. The van der Waals surface area contributed by atoms with Crippen LogP contribution in [0.4, 0.5) is 4.79 Å². The molecule has 0 bridgehead atoms. The summed E-state index contributed by atoms with van der Waals surface area (Å²) in [5.41, 5.74) is 1.42. The molecule has 2 amide bonds. The lowest BCUT2D eigenvalue weighted by atomic mass is 9.82. The van der Waals surface area contributed by atoms with Gasteiger partial charge in [0.05, 0.1) is 0 Å². The van der Waals surface area contributed by atoms with Crippen LogP contribution in [0.3, 0.4) is 0 Å². The standard InChI is InChI=1S/C18H28N2O2S/c1-23-13-17(11-12-21)20-18(22)19-16-9-7-15(8-10-16)14-5-3-2-4-6-14/h2-6,15-17,21H,7-13H2,1H3,(H2,19,20,22). The van der Waals surface area contributed by atoms with Gasteiger partial charge in [-0.05, 0) is 49.8 Å². The summed E-state index contributed by atoms with van der Waals surface area (Å²) < 4.78 is 0. The minimum atomic E-state index is -0.0966. The lowest BCUT2D eigenvalue weighted by molar-refractivity contribution is 0.223. The fourth-order valence-corrected chi connectivity index (χ4v) is 3.92. The Morgan fingerprint density at radius 1 is 1.26 bits per heavy atom. The van der Waals surface area contributed by atoms with E-state index in [-0.39, 0.29) is 24.7 Å². The largest absolute Gasteiger partial charge is 0.396 e. The monoisotopic (exact) mass is 336 g/mol. The molecule has 1 aliphatic rings. The Bertz CT molecular complexity index is 455. The second-order valence-electron chi connectivity index (χ2n) is 6.24. The van der Waals surface area contributed by atoms with Gasteiger partial charge in [0.25, 0.3) is 0 Å². The van der Waals surface area contributed by atoms with Crippen molar-refractivity contribution in [2.45, 2.75) is 50.1 Å². The third-order valence-corrected chi connectivity index (χ3v) is 5.25. The zero-order chi connectivity index (χ0) is 16.5. The van der Waals surface area contributed by atoms with Gasteiger partial charge in [-0.1, -0.05) is 30.3 Å². The maximum absolute atomic E-state index is 12.1. The van der Waals surface area contributed by atoms with Gasteiger partial charge in [0.1, 0.15) is 0 Å². The minimum Gasteiger partial charge on any atom is -0.396 e. The zero-order valence-electron chi connectivity index (χ0n) is 13.8. The van der Waals surface area contributed by atoms with E-state index < -0.39 is 0 Å². The molecule has 23 heavy (non-hydrogen) atoms. The molecular formula is C18H28N2O2S. The lowest BCUT2D eigenvalue weighted by Crippen LogP contribution is -2.48. The number of aliphatic hydroxyl groups excluding tert-OH is 1. The van der Waals surface area contributed by atoms with Crippen LogP contribution >= 0.6 is 11.8 Å². The predicted molar refractivity (Wildman–Crippen MR) is 97.0 cm³/mol. The number of benzene rings is 1. The molecular weight excluding hydrogens is 308 g/mol. The molecule has 1 aromatic carbocycles. The highest BCUT2D eigenvalue weighted by Crippen LogP contribution is 2.32. The van der Waals surface area contributed by atoms with Crippen LogP contribution in [0.25, 0.3) is 0 Å². The number of hydrogen-bond donors (Lipinski definition) is 3. The van der Waals surface area contributed by atoms with E-state index in [4.69, 9.17) is 5.11 Å². The van der Waals surface area contributed by atoms with Crippen molar-refractivity contribution in [2.24, 2.45) is 0 Å². The minimum absolute atomic E-state index is 0.0376. The van der Waals surface area contributed by atoms with Crippen LogP contribution in [-0.2, 0) is 0 Å². The van der Waals surface area contributed by atoms with E-state index in [1.165, 1.54) is 5.56 Å². The molecule has 0 aliphatic heterocycles. The molecule has 0 saturated heterocycles. The Morgan fingerprint density at radius 3 is 2.57 bits per heavy atom. The quantitative estimate of drug-likeness (QED) is 0.717. The second-order valence-corrected chi connectivity index (χ2v) is 7.15. The van der Waals surface area contributed by atoms with E-state index in [0.717, 1.165) is 31.4 Å². The first kappa shape index (κ1) is 18.1. The number of carbonyl (C=O) groups is 1. The van der Waals surface area contributed by atoms with Crippen LogP contribution < -0.4 is 10.6 Å². The maximum Gasteiger partial charge on any atom is 0.315 e. The number of thioether (sulfide) groups is 1. The van der Waals surface area contributed by atoms with Crippen molar-refractivity contribution in [3.63, 3.8) is 0 Å². The molecule has 0 aromatic heterocycles. The van der Waals surface area contributed by atoms with E-state index in [0.29, 0.717) is 12.3 Å². The summed E-state index contributed by atoms with van der Waals surface area (Å²) in [7, 11) is 0. The molecule has 1 atom stereocenters. The molecule has 2 rings (SSSR count). The molecule has 0 spiro atoms. The number of carbonyl (C=O) groups excluding carboxylic acids is 1. The fourth-order valence-electron chi connectivity index (χ4n) is 3.26. The molecule has 4 nitrogen and oxygen atoms in total. The van der Waals surface area contributed by atoms with Gasteiger partial charge in [-0.25, -0.2) is 4.79 Å². The molecule has 1 unspecified atom stereocenters. The lowest BCUT2D eigenvalue weighted by Gasteiger charge is -2.30. The maximum atomic E-state index is 12.1. The van der Waals surface area contributed by atoms with Gasteiger partial charge in [-0.2, -0.15) is 11.8 Å². The molecule has 0 radical (unpaired) electrons. The highest BCUT2D eigenvalue weighted by molar-refractivity contribution is 7.98.